The summed E-state index contributed by atoms with van der Waals surface area (Å²) in [6, 6.07) is 0.123. The molecule has 5 heteroatoms. The highest BCUT2D eigenvalue weighted by Crippen LogP contribution is 2.03. The van der Waals surface area contributed by atoms with Gasteiger partial charge in [0.05, 0.1) is 12.4 Å². The topological polar surface area (TPSA) is 66.9 Å². The van der Waals surface area contributed by atoms with E-state index in [-0.39, 0.29) is 11.9 Å². The Balaban J connectivity index is 2.66. The third-order valence-corrected chi connectivity index (χ3v) is 2.50. The number of carbonyl (C=O) groups is 1. The number of nitrogens with one attached hydrogen (secondary N) is 2. The van der Waals surface area contributed by atoms with Gasteiger partial charge in [0.2, 0.25) is 0 Å². The number of nitrogens with zero attached hydrogens (tertiary/aromatic N) is 2. The average molecular weight is 222 g/mol. The summed E-state index contributed by atoms with van der Waals surface area (Å²) in [5.74, 6) is 0.860. The monoisotopic (exact) mass is 222 g/mol. The van der Waals surface area contributed by atoms with Crippen LogP contribution in [0.1, 0.15) is 31.3 Å². The van der Waals surface area contributed by atoms with Crippen LogP contribution in [-0.2, 0) is 0 Å². The molecule has 0 aliphatic rings. The molecule has 0 saturated carbocycles. The minimum absolute atomic E-state index is 0.123. The highest BCUT2D eigenvalue weighted by Gasteiger charge is 2.13. The van der Waals surface area contributed by atoms with Crippen molar-refractivity contribution in [2.45, 2.75) is 26.8 Å². The lowest BCUT2D eigenvalue weighted by molar-refractivity contribution is 0.0925. The van der Waals surface area contributed by atoms with Crippen LogP contribution in [0.25, 0.3) is 0 Å². The molecule has 0 spiro atoms. The summed E-state index contributed by atoms with van der Waals surface area (Å²) in [4.78, 5) is 19.8. The molecular weight excluding hydrogens is 204 g/mol. The third-order valence-electron chi connectivity index (χ3n) is 2.50. The van der Waals surface area contributed by atoms with Gasteiger partial charge in [0.15, 0.2) is 0 Å². The van der Waals surface area contributed by atoms with E-state index in [1.807, 2.05) is 6.92 Å². The molecule has 0 aromatic carbocycles. The van der Waals surface area contributed by atoms with Crippen LogP contribution in [0.2, 0.25) is 0 Å². The lowest BCUT2D eigenvalue weighted by Gasteiger charge is -2.16. The Morgan fingerprint density at radius 1 is 1.25 bits per heavy atom. The Bertz CT molecular complexity index is 348. The summed E-state index contributed by atoms with van der Waals surface area (Å²) in [6.45, 7) is 6.08. The molecule has 1 aromatic rings. The van der Waals surface area contributed by atoms with Gasteiger partial charge in [-0.05, 0) is 12.8 Å². The number of rotatable bonds is 4. The van der Waals surface area contributed by atoms with Gasteiger partial charge < -0.3 is 10.6 Å². The Kier molecular flexibility index (Phi) is 4.22. The van der Waals surface area contributed by atoms with E-state index in [4.69, 9.17) is 0 Å². The van der Waals surface area contributed by atoms with Crippen LogP contribution < -0.4 is 10.6 Å². The van der Waals surface area contributed by atoms with E-state index in [9.17, 15) is 4.79 Å². The van der Waals surface area contributed by atoms with Gasteiger partial charge >= 0.3 is 0 Å². The number of aromatic nitrogens is 2. The maximum absolute atomic E-state index is 11.7. The van der Waals surface area contributed by atoms with E-state index in [1.165, 1.54) is 12.4 Å². The van der Waals surface area contributed by atoms with E-state index < -0.39 is 0 Å². The molecule has 0 radical (unpaired) electrons. The van der Waals surface area contributed by atoms with Gasteiger partial charge in [-0.1, -0.05) is 13.8 Å². The van der Waals surface area contributed by atoms with E-state index in [1.54, 1.807) is 7.05 Å². The fraction of sp³-hybridized carbons (Fsp3) is 0.545. The molecule has 1 atom stereocenters. The number of carbonyl (C=O) groups excluding carboxylic acids is 1. The van der Waals surface area contributed by atoms with Crippen molar-refractivity contribution < 1.29 is 4.79 Å². The predicted molar refractivity (Wildman–Crippen MR) is 63.3 cm³/mol. The fourth-order valence-corrected chi connectivity index (χ4v) is 1.02. The molecule has 88 valence electrons. The SMILES string of the molecule is CNc1cnc(C(=O)NC(C)C(C)C)cn1. The van der Waals surface area contributed by atoms with Crippen molar-refractivity contribution >= 4 is 11.7 Å². The summed E-state index contributed by atoms with van der Waals surface area (Å²) < 4.78 is 0. The van der Waals surface area contributed by atoms with Crippen molar-refractivity contribution in [3.8, 4) is 0 Å². The fourth-order valence-electron chi connectivity index (χ4n) is 1.02. The molecule has 1 unspecified atom stereocenters. The Labute approximate surface area is 95.7 Å². The maximum atomic E-state index is 11.7. The maximum Gasteiger partial charge on any atom is 0.271 e. The smallest absolute Gasteiger partial charge is 0.271 e. The lowest BCUT2D eigenvalue weighted by atomic mass is 10.1. The molecule has 0 aliphatic heterocycles. The van der Waals surface area contributed by atoms with Crippen molar-refractivity contribution in [2.75, 3.05) is 12.4 Å². The molecule has 0 aliphatic carbocycles. The van der Waals surface area contributed by atoms with Gasteiger partial charge in [-0.15, -0.1) is 0 Å². The van der Waals surface area contributed by atoms with Crippen LogP contribution in [-0.4, -0.2) is 29.0 Å². The van der Waals surface area contributed by atoms with Crippen molar-refractivity contribution in [3.05, 3.63) is 18.1 Å². The second-order valence-corrected chi connectivity index (χ2v) is 4.04. The van der Waals surface area contributed by atoms with Crippen molar-refractivity contribution in [1.29, 1.82) is 0 Å². The first-order valence-electron chi connectivity index (χ1n) is 5.35. The quantitative estimate of drug-likeness (QED) is 0.805. The third kappa shape index (κ3) is 3.18. The number of anilines is 1. The van der Waals surface area contributed by atoms with Crippen LogP contribution >= 0.6 is 0 Å². The van der Waals surface area contributed by atoms with E-state index in [2.05, 4.69) is 34.4 Å². The summed E-state index contributed by atoms with van der Waals surface area (Å²) >= 11 is 0. The number of hydrogen-bond donors (Lipinski definition) is 2. The van der Waals surface area contributed by atoms with Gasteiger partial charge in [0, 0.05) is 13.1 Å². The minimum atomic E-state index is -0.184. The highest BCUT2D eigenvalue weighted by atomic mass is 16.1. The van der Waals surface area contributed by atoms with Crippen LogP contribution in [0.15, 0.2) is 12.4 Å². The van der Waals surface area contributed by atoms with Gasteiger partial charge in [-0.25, -0.2) is 9.97 Å². The first-order chi connectivity index (χ1) is 7.54. The molecule has 0 saturated heterocycles. The Morgan fingerprint density at radius 2 is 1.94 bits per heavy atom. The Morgan fingerprint density at radius 3 is 2.38 bits per heavy atom. The van der Waals surface area contributed by atoms with E-state index >= 15 is 0 Å². The van der Waals surface area contributed by atoms with Crippen LogP contribution in [0.4, 0.5) is 5.82 Å². The first kappa shape index (κ1) is 12.4. The second kappa shape index (κ2) is 5.44. The normalized spacial score (nSPS) is 12.3. The molecular formula is C11H18N4O. The number of hydrogen-bond acceptors (Lipinski definition) is 4. The summed E-state index contributed by atoms with van der Waals surface area (Å²) in [6.07, 6.45) is 3.00. The molecule has 2 N–H and O–H groups in total. The van der Waals surface area contributed by atoms with Crippen LogP contribution in [0.5, 0.6) is 0 Å². The molecule has 16 heavy (non-hydrogen) atoms. The van der Waals surface area contributed by atoms with E-state index in [0.29, 0.717) is 17.4 Å². The molecule has 0 bridgehead atoms. The molecule has 1 amide bonds. The van der Waals surface area contributed by atoms with Gasteiger partial charge in [0.25, 0.3) is 5.91 Å². The van der Waals surface area contributed by atoms with Crippen molar-refractivity contribution in [1.82, 2.24) is 15.3 Å². The second-order valence-electron chi connectivity index (χ2n) is 4.04. The Hall–Kier alpha value is -1.65. The zero-order valence-corrected chi connectivity index (χ0v) is 10.1. The summed E-state index contributed by atoms with van der Waals surface area (Å²) in [7, 11) is 1.75. The van der Waals surface area contributed by atoms with Crippen molar-refractivity contribution in [2.24, 2.45) is 5.92 Å². The minimum Gasteiger partial charge on any atom is -0.372 e. The zero-order valence-electron chi connectivity index (χ0n) is 10.1. The average Bonchev–Trinajstić information content (AvgIpc) is 2.28. The lowest BCUT2D eigenvalue weighted by Crippen LogP contribution is -2.36. The predicted octanol–water partition coefficient (Wildman–Crippen LogP) is 1.29. The summed E-state index contributed by atoms with van der Waals surface area (Å²) in [5.41, 5.74) is 0.339. The molecule has 1 rings (SSSR count). The largest absolute Gasteiger partial charge is 0.372 e. The van der Waals surface area contributed by atoms with Crippen LogP contribution in [0.3, 0.4) is 0 Å². The van der Waals surface area contributed by atoms with Crippen LogP contribution in [0, 0.1) is 5.92 Å². The van der Waals surface area contributed by atoms with Gasteiger partial charge in [-0.3, -0.25) is 4.79 Å². The zero-order chi connectivity index (χ0) is 12.1. The summed E-state index contributed by atoms with van der Waals surface area (Å²) in [5, 5.41) is 5.72. The first-order valence-corrected chi connectivity index (χ1v) is 5.35. The van der Waals surface area contributed by atoms with Gasteiger partial charge in [-0.2, -0.15) is 0 Å². The molecule has 0 fully saturated rings. The van der Waals surface area contributed by atoms with E-state index in [0.717, 1.165) is 0 Å². The molecule has 1 aromatic heterocycles. The highest BCUT2D eigenvalue weighted by molar-refractivity contribution is 5.92. The number of amides is 1. The van der Waals surface area contributed by atoms with Gasteiger partial charge in [0.1, 0.15) is 11.5 Å². The van der Waals surface area contributed by atoms with Crippen molar-refractivity contribution in [3.63, 3.8) is 0 Å². The molecule has 1 heterocycles. The standard InChI is InChI=1S/C11H18N4O/c1-7(2)8(3)15-11(16)9-5-14-10(12-4)6-13-9/h5-8H,1-4H3,(H,12,14)(H,15,16). The molecule has 5 nitrogen and oxygen atoms in total.